The zero-order chi connectivity index (χ0) is 13.2. The Hall–Kier alpha value is -1.58. The zero-order valence-electron chi connectivity index (χ0n) is 11.4. The third-order valence-electron chi connectivity index (χ3n) is 4.14. The van der Waals surface area contributed by atoms with Crippen molar-refractivity contribution in [3.63, 3.8) is 0 Å². The molecule has 19 heavy (non-hydrogen) atoms. The van der Waals surface area contributed by atoms with Gasteiger partial charge in [-0.3, -0.25) is 4.90 Å². The number of H-pyrrole nitrogens is 1. The number of aromatic nitrogens is 1. The van der Waals surface area contributed by atoms with Crippen LogP contribution in [0.2, 0.25) is 0 Å². The van der Waals surface area contributed by atoms with Crippen LogP contribution < -0.4 is 5.73 Å². The largest absolute Gasteiger partial charge is 0.361 e. The fraction of sp³-hybridized carbons (Fsp3) is 0.375. The lowest BCUT2D eigenvalue weighted by Crippen LogP contribution is -2.40. The molecule has 1 aliphatic rings. The second kappa shape index (κ2) is 5.19. The molecule has 100 valence electrons. The van der Waals surface area contributed by atoms with Crippen molar-refractivity contribution in [3.8, 4) is 0 Å². The number of hydrogen-bond donors (Lipinski definition) is 2. The highest BCUT2D eigenvalue weighted by atomic mass is 15.2. The molecule has 1 aromatic heterocycles. The first-order chi connectivity index (χ1) is 9.29. The minimum absolute atomic E-state index is 0.473. The molecule has 0 fully saturated rings. The standard InChI is InChI=1S/C16H21N3/c1-12(10-17)19-8-6-13(7-9-19)15-11-18-16-5-3-2-4-14(15)16/h2-6,11-12,18H,7-10,17H2,1H3. The van der Waals surface area contributed by atoms with E-state index in [4.69, 9.17) is 5.73 Å². The van der Waals surface area contributed by atoms with Crippen LogP contribution in [0.25, 0.3) is 16.5 Å². The average molecular weight is 255 g/mol. The summed E-state index contributed by atoms with van der Waals surface area (Å²) in [5.74, 6) is 0. The van der Waals surface area contributed by atoms with E-state index in [0.717, 1.165) is 26.1 Å². The Morgan fingerprint density at radius 3 is 2.95 bits per heavy atom. The molecule has 3 heteroatoms. The number of fused-ring (bicyclic) bond motifs is 1. The Balaban J connectivity index is 1.86. The molecular formula is C16H21N3. The maximum absolute atomic E-state index is 5.74. The molecule has 3 nitrogen and oxygen atoms in total. The fourth-order valence-corrected chi connectivity index (χ4v) is 2.82. The molecule has 3 N–H and O–H groups in total. The summed E-state index contributed by atoms with van der Waals surface area (Å²) in [5.41, 5.74) is 9.77. The molecule has 0 saturated carbocycles. The van der Waals surface area contributed by atoms with E-state index in [2.05, 4.69) is 53.3 Å². The molecule has 1 aromatic carbocycles. The van der Waals surface area contributed by atoms with Gasteiger partial charge in [0.1, 0.15) is 0 Å². The van der Waals surface area contributed by atoms with Gasteiger partial charge in [-0.05, 0) is 25.0 Å². The molecule has 2 heterocycles. The van der Waals surface area contributed by atoms with E-state index in [0.29, 0.717) is 6.04 Å². The van der Waals surface area contributed by atoms with Crippen molar-refractivity contribution in [2.24, 2.45) is 5.73 Å². The van der Waals surface area contributed by atoms with Gasteiger partial charge in [-0.2, -0.15) is 0 Å². The van der Waals surface area contributed by atoms with Crippen LogP contribution in [0, 0.1) is 0 Å². The summed E-state index contributed by atoms with van der Waals surface area (Å²) in [6.07, 6.45) is 5.59. The number of rotatable bonds is 3. The molecule has 1 atom stereocenters. The number of para-hydroxylation sites is 1. The van der Waals surface area contributed by atoms with Gasteiger partial charge in [0.2, 0.25) is 0 Å². The normalized spacial score (nSPS) is 18.5. The summed E-state index contributed by atoms with van der Waals surface area (Å²) in [6, 6.07) is 8.97. The Bertz CT molecular complexity index is 597. The number of hydrogen-bond acceptors (Lipinski definition) is 2. The number of aromatic amines is 1. The van der Waals surface area contributed by atoms with Crippen LogP contribution in [0.5, 0.6) is 0 Å². The van der Waals surface area contributed by atoms with Crippen LogP contribution in [0.15, 0.2) is 36.5 Å². The van der Waals surface area contributed by atoms with Crippen molar-refractivity contribution >= 4 is 16.5 Å². The third-order valence-corrected chi connectivity index (χ3v) is 4.14. The minimum atomic E-state index is 0.473. The van der Waals surface area contributed by atoms with E-state index in [-0.39, 0.29) is 0 Å². The third kappa shape index (κ3) is 2.31. The molecular weight excluding hydrogens is 234 g/mol. The average Bonchev–Trinajstić information content (AvgIpc) is 2.90. The number of nitrogens with two attached hydrogens (primary N) is 1. The summed E-state index contributed by atoms with van der Waals surface area (Å²) in [6.45, 7) is 5.04. The zero-order valence-corrected chi connectivity index (χ0v) is 11.4. The maximum Gasteiger partial charge on any atom is 0.0460 e. The Morgan fingerprint density at radius 1 is 1.37 bits per heavy atom. The van der Waals surface area contributed by atoms with Gasteiger partial charge in [0.15, 0.2) is 0 Å². The highest BCUT2D eigenvalue weighted by Gasteiger charge is 2.18. The molecule has 0 radical (unpaired) electrons. The molecule has 0 bridgehead atoms. The molecule has 0 saturated heterocycles. The first kappa shape index (κ1) is 12.5. The highest BCUT2D eigenvalue weighted by molar-refractivity contribution is 5.92. The molecule has 1 unspecified atom stereocenters. The van der Waals surface area contributed by atoms with Crippen molar-refractivity contribution in [2.75, 3.05) is 19.6 Å². The van der Waals surface area contributed by atoms with E-state index in [1.165, 1.54) is 22.0 Å². The van der Waals surface area contributed by atoms with Crippen LogP contribution in [-0.2, 0) is 0 Å². The van der Waals surface area contributed by atoms with Crippen molar-refractivity contribution in [1.82, 2.24) is 9.88 Å². The van der Waals surface area contributed by atoms with Crippen molar-refractivity contribution in [3.05, 3.63) is 42.1 Å². The second-order valence-electron chi connectivity index (χ2n) is 5.31. The summed E-state index contributed by atoms with van der Waals surface area (Å²) in [4.78, 5) is 5.80. The molecule has 0 spiro atoms. The molecule has 0 amide bonds. The van der Waals surface area contributed by atoms with Gasteiger partial charge in [-0.1, -0.05) is 24.3 Å². The van der Waals surface area contributed by atoms with Gasteiger partial charge in [0.05, 0.1) is 0 Å². The number of benzene rings is 1. The van der Waals surface area contributed by atoms with E-state index in [1.54, 1.807) is 0 Å². The number of nitrogens with zero attached hydrogens (tertiary/aromatic N) is 1. The van der Waals surface area contributed by atoms with Gasteiger partial charge in [0, 0.05) is 48.3 Å². The summed E-state index contributed by atoms with van der Waals surface area (Å²) < 4.78 is 0. The summed E-state index contributed by atoms with van der Waals surface area (Å²) in [7, 11) is 0. The Labute approximate surface area is 114 Å². The topological polar surface area (TPSA) is 45.0 Å². The van der Waals surface area contributed by atoms with Gasteiger partial charge in [-0.25, -0.2) is 0 Å². The molecule has 0 aliphatic carbocycles. The minimum Gasteiger partial charge on any atom is -0.361 e. The van der Waals surface area contributed by atoms with Crippen molar-refractivity contribution in [1.29, 1.82) is 0 Å². The molecule has 3 rings (SSSR count). The predicted octanol–water partition coefficient (Wildman–Crippen LogP) is 2.60. The fourth-order valence-electron chi connectivity index (χ4n) is 2.82. The lowest BCUT2D eigenvalue weighted by molar-refractivity contribution is 0.235. The van der Waals surface area contributed by atoms with Gasteiger partial charge < -0.3 is 10.7 Å². The summed E-state index contributed by atoms with van der Waals surface area (Å²) in [5, 5.41) is 1.33. The smallest absolute Gasteiger partial charge is 0.0460 e. The van der Waals surface area contributed by atoms with Crippen molar-refractivity contribution < 1.29 is 0 Å². The molecule has 2 aromatic rings. The highest BCUT2D eigenvalue weighted by Crippen LogP contribution is 2.29. The van der Waals surface area contributed by atoms with Crippen LogP contribution in [0.1, 0.15) is 18.9 Å². The maximum atomic E-state index is 5.74. The lowest BCUT2D eigenvalue weighted by Gasteiger charge is -2.31. The Kier molecular flexibility index (Phi) is 3.40. The first-order valence-electron chi connectivity index (χ1n) is 6.99. The van der Waals surface area contributed by atoms with Crippen LogP contribution in [0.4, 0.5) is 0 Å². The van der Waals surface area contributed by atoms with E-state index in [9.17, 15) is 0 Å². The second-order valence-corrected chi connectivity index (χ2v) is 5.31. The lowest BCUT2D eigenvalue weighted by atomic mass is 9.98. The van der Waals surface area contributed by atoms with Gasteiger partial charge >= 0.3 is 0 Å². The monoisotopic (exact) mass is 255 g/mol. The first-order valence-corrected chi connectivity index (χ1v) is 6.99. The predicted molar refractivity (Wildman–Crippen MR) is 81.0 cm³/mol. The van der Waals surface area contributed by atoms with Crippen LogP contribution in [0.3, 0.4) is 0 Å². The van der Waals surface area contributed by atoms with E-state index in [1.807, 2.05) is 0 Å². The summed E-state index contributed by atoms with van der Waals surface area (Å²) >= 11 is 0. The van der Waals surface area contributed by atoms with E-state index < -0.39 is 0 Å². The van der Waals surface area contributed by atoms with E-state index >= 15 is 0 Å². The van der Waals surface area contributed by atoms with Gasteiger partial charge in [-0.15, -0.1) is 0 Å². The number of nitrogens with one attached hydrogen (secondary N) is 1. The SMILES string of the molecule is CC(CN)N1CC=C(c2c[nH]c3ccccc23)CC1. The van der Waals surface area contributed by atoms with Gasteiger partial charge in [0.25, 0.3) is 0 Å². The van der Waals surface area contributed by atoms with Crippen LogP contribution >= 0.6 is 0 Å². The van der Waals surface area contributed by atoms with Crippen LogP contribution in [-0.4, -0.2) is 35.6 Å². The quantitative estimate of drug-likeness (QED) is 0.885. The molecule has 1 aliphatic heterocycles. The van der Waals surface area contributed by atoms with Crippen molar-refractivity contribution in [2.45, 2.75) is 19.4 Å². The Morgan fingerprint density at radius 2 is 2.21 bits per heavy atom.